The summed E-state index contributed by atoms with van der Waals surface area (Å²) in [7, 11) is 0. The number of morpholine rings is 1. The first kappa shape index (κ1) is 22.5. The minimum atomic E-state index is -4.34. The first-order valence-electron chi connectivity index (χ1n) is 10.2. The Morgan fingerprint density at radius 2 is 1.53 bits per heavy atom. The zero-order valence-electron chi connectivity index (χ0n) is 17.2. The van der Waals surface area contributed by atoms with Crippen molar-refractivity contribution >= 4 is 35.1 Å². The lowest BCUT2D eigenvalue weighted by atomic mass is 10.3. The summed E-state index contributed by atoms with van der Waals surface area (Å²) in [5, 5.41) is 2.74. The van der Waals surface area contributed by atoms with Crippen molar-refractivity contribution < 1.29 is 22.7 Å². The van der Waals surface area contributed by atoms with Crippen molar-refractivity contribution in [1.29, 1.82) is 0 Å². The van der Waals surface area contributed by atoms with Gasteiger partial charge in [-0.25, -0.2) is 14.8 Å². The normalized spacial score (nSPS) is 17.4. The molecule has 8 nitrogen and oxygen atoms in total. The molecule has 32 heavy (non-hydrogen) atoms. The van der Waals surface area contributed by atoms with Gasteiger partial charge in [-0.05, 0) is 36.0 Å². The van der Waals surface area contributed by atoms with Crippen LogP contribution in [0.5, 0.6) is 0 Å². The maximum atomic E-state index is 12.6. The Kier molecular flexibility index (Phi) is 6.89. The van der Waals surface area contributed by atoms with Gasteiger partial charge in [-0.2, -0.15) is 13.2 Å². The third-order valence-corrected chi connectivity index (χ3v) is 5.94. The fraction of sp³-hybridized carbons (Fsp3) is 0.450. The molecule has 0 spiro atoms. The number of benzene rings is 1. The van der Waals surface area contributed by atoms with E-state index in [1.54, 1.807) is 11.2 Å². The van der Waals surface area contributed by atoms with Gasteiger partial charge >= 0.3 is 11.5 Å². The van der Waals surface area contributed by atoms with Gasteiger partial charge in [-0.15, -0.1) is 0 Å². The number of piperazine rings is 1. The zero-order valence-corrected chi connectivity index (χ0v) is 18.0. The van der Waals surface area contributed by atoms with Crippen LogP contribution >= 0.6 is 11.8 Å². The summed E-state index contributed by atoms with van der Waals surface area (Å²) in [5.74, 6) is 1.69. The molecule has 2 saturated heterocycles. The number of halogens is 3. The molecule has 172 valence electrons. The largest absolute Gasteiger partial charge is 0.446 e. The van der Waals surface area contributed by atoms with E-state index < -0.39 is 5.51 Å². The summed E-state index contributed by atoms with van der Waals surface area (Å²) in [6.07, 6.45) is 1.56. The van der Waals surface area contributed by atoms with Crippen LogP contribution in [-0.4, -0.2) is 78.9 Å². The Hall–Kier alpha value is -2.73. The topological polar surface area (TPSA) is 73.8 Å². The molecule has 2 aromatic rings. The number of nitrogens with one attached hydrogen (secondary N) is 1. The summed E-state index contributed by atoms with van der Waals surface area (Å²) in [6.45, 7) is 5.19. The van der Waals surface area contributed by atoms with Crippen LogP contribution in [0.1, 0.15) is 0 Å². The van der Waals surface area contributed by atoms with E-state index in [0.29, 0.717) is 45.1 Å². The Labute approximate surface area is 187 Å². The highest BCUT2D eigenvalue weighted by Crippen LogP contribution is 2.37. The quantitative estimate of drug-likeness (QED) is 0.691. The smallest absolute Gasteiger partial charge is 0.378 e. The van der Waals surface area contributed by atoms with E-state index in [9.17, 15) is 18.0 Å². The number of hydrogen-bond donors (Lipinski definition) is 1. The number of nitrogens with zero attached hydrogens (tertiary/aromatic N) is 5. The van der Waals surface area contributed by atoms with Crippen LogP contribution in [-0.2, 0) is 4.74 Å². The van der Waals surface area contributed by atoms with E-state index in [4.69, 9.17) is 4.74 Å². The van der Waals surface area contributed by atoms with Crippen molar-refractivity contribution in [2.75, 3.05) is 67.6 Å². The van der Waals surface area contributed by atoms with Crippen molar-refractivity contribution in [3.05, 3.63) is 36.7 Å². The van der Waals surface area contributed by atoms with Gasteiger partial charge in [0.1, 0.15) is 18.0 Å². The molecule has 12 heteroatoms. The zero-order chi connectivity index (χ0) is 22.6. The Bertz CT molecular complexity index is 916. The van der Waals surface area contributed by atoms with Crippen LogP contribution in [0.4, 0.5) is 35.3 Å². The molecule has 0 unspecified atom stereocenters. The van der Waals surface area contributed by atoms with E-state index in [-0.39, 0.29) is 22.7 Å². The molecule has 0 aliphatic carbocycles. The second-order valence-corrected chi connectivity index (χ2v) is 8.45. The third kappa shape index (κ3) is 5.94. The van der Waals surface area contributed by atoms with Gasteiger partial charge in [-0.3, -0.25) is 0 Å². The predicted octanol–water partition coefficient (Wildman–Crippen LogP) is 3.28. The van der Waals surface area contributed by atoms with Gasteiger partial charge in [-0.1, -0.05) is 0 Å². The van der Waals surface area contributed by atoms with Crippen LogP contribution in [0, 0.1) is 0 Å². The van der Waals surface area contributed by atoms with Crippen LogP contribution in [0.2, 0.25) is 0 Å². The average Bonchev–Trinajstić information content (AvgIpc) is 2.80. The first-order valence-corrected chi connectivity index (χ1v) is 11.0. The lowest BCUT2D eigenvalue weighted by molar-refractivity contribution is -0.0328. The van der Waals surface area contributed by atoms with Crippen molar-refractivity contribution in [1.82, 2.24) is 14.9 Å². The van der Waals surface area contributed by atoms with Crippen LogP contribution in [0.3, 0.4) is 0 Å². The molecule has 2 fully saturated rings. The number of alkyl halides is 3. The third-order valence-electron chi connectivity index (χ3n) is 5.20. The molecule has 1 aromatic carbocycles. The molecule has 1 aromatic heterocycles. The molecule has 4 rings (SSSR count). The fourth-order valence-electron chi connectivity index (χ4n) is 3.56. The Balaban J connectivity index is 1.29. The summed E-state index contributed by atoms with van der Waals surface area (Å²) < 4.78 is 42.7. The van der Waals surface area contributed by atoms with Gasteiger partial charge < -0.3 is 24.8 Å². The standard InChI is InChI=1S/C20H23F3N6O2S/c21-20(22,23)32-16-3-1-15(2-4-16)26-19(30)29-7-5-27(6-8-29)17-13-18(25-14-24-17)28-9-11-31-12-10-28/h1-4,13-14H,5-12H2,(H,26,30). The summed E-state index contributed by atoms with van der Waals surface area (Å²) in [5.41, 5.74) is -3.88. The molecule has 0 bridgehead atoms. The highest BCUT2D eigenvalue weighted by molar-refractivity contribution is 8.00. The van der Waals surface area contributed by atoms with E-state index in [0.717, 1.165) is 24.7 Å². The van der Waals surface area contributed by atoms with Gasteiger partial charge in [0, 0.05) is 55.9 Å². The van der Waals surface area contributed by atoms with E-state index in [2.05, 4.69) is 25.1 Å². The first-order chi connectivity index (χ1) is 15.4. The molecule has 2 amide bonds. The van der Waals surface area contributed by atoms with Crippen LogP contribution in [0.15, 0.2) is 41.6 Å². The molecule has 3 heterocycles. The summed E-state index contributed by atoms with van der Waals surface area (Å²) in [6, 6.07) is 7.30. The highest BCUT2D eigenvalue weighted by atomic mass is 32.2. The van der Waals surface area contributed by atoms with Crippen molar-refractivity contribution in [2.45, 2.75) is 10.4 Å². The highest BCUT2D eigenvalue weighted by Gasteiger charge is 2.29. The van der Waals surface area contributed by atoms with Gasteiger partial charge in [0.05, 0.1) is 13.2 Å². The summed E-state index contributed by atoms with van der Waals surface area (Å²) in [4.78, 5) is 27.3. The van der Waals surface area contributed by atoms with E-state index >= 15 is 0 Å². The Morgan fingerprint density at radius 3 is 2.12 bits per heavy atom. The molecule has 2 aliphatic heterocycles. The van der Waals surface area contributed by atoms with Gasteiger partial charge in [0.15, 0.2) is 0 Å². The van der Waals surface area contributed by atoms with Crippen molar-refractivity contribution in [2.24, 2.45) is 0 Å². The molecule has 2 aliphatic rings. The molecule has 0 saturated carbocycles. The molecule has 0 atom stereocenters. The number of hydrogen-bond acceptors (Lipinski definition) is 7. The molecule has 0 radical (unpaired) electrons. The van der Waals surface area contributed by atoms with Crippen LogP contribution in [0.25, 0.3) is 0 Å². The molecule has 1 N–H and O–H groups in total. The maximum absolute atomic E-state index is 12.6. The number of carbonyl (C=O) groups is 1. The van der Waals surface area contributed by atoms with Crippen LogP contribution < -0.4 is 15.1 Å². The number of aromatic nitrogens is 2. The SMILES string of the molecule is O=C(Nc1ccc(SC(F)(F)F)cc1)N1CCN(c2cc(N3CCOCC3)ncn2)CC1. The predicted molar refractivity (Wildman–Crippen MR) is 116 cm³/mol. The monoisotopic (exact) mass is 468 g/mol. The lowest BCUT2D eigenvalue weighted by Gasteiger charge is -2.36. The minimum absolute atomic E-state index is 0.0745. The number of rotatable bonds is 4. The second-order valence-electron chi connectivity index (χ2n) is 7.31. The van der Waals surface area contributed by atoms with Gasteiger partial charge in [0.25, 0.3) is 0 Å². The van der Waals surface area contributed by atoms with Crippen molar-refractivity contribution in [3.8, 4) is 0 Å². The van der Waals surface area contributed by atoms with Crippen molar-refractivity contribution in [3.63, 3.8) is 0 Å². The number of carbonyl (C=O) groups excluding carboxylic acids is 1. The molecular weight excluding hydrogens is 445 g/mol. The number of urea groups is 1. The molecular formula is C20H23F3N6O2S. The number of anilines is 3. The average molecular weight is 469 g/mol. The fourth-order valence-corrected chi connectivity index (χ4v) is 4.10. The van der Waals surface area contributed by atoms with E-state index in [1.165, 1.54) is 24.3 Å². The maximum Gasteiger partial charge on any atom is 0.446 e. The Morgan fingerprint density at radius 1 is 0.938 bits per heavy atom. The lowest BCUT2D eigenvalue weighted by Crippen LogP contribution is -2.50. The van der Waals surface area contributed by atoms with Gasteiger partial charge in [0.2, 0.25) is 0 Å². The summed E-state index contributed by atoms with van der Waals surface area (Å²) >= 11 is -0.184. The minimum Gasteiger partial charge on any atom is -0.378 e. The number of thioether (sulfide) groups is 1. The number of amides is 2. The second kappa shape index (κ2) is 9.82. The van der Waals surface area contributed by atoms with E-state index in [1.807, 2.05) is 6.07 Å². The number of ether oxygens (including phenoxy) is 1.